The van der Waals surface area contributed by atoms with E-state index in [4.69, 9.17) is 0 Å². The maximum Gasteiger partial charge on any atom is 0.416 e. The van der Waals surface area contributed by atoms with Gasteiger partial charge >= 0.3 is 6.18 Å². The number of halogens is 3. The summed E-state index contributed by atoms with van der Waals surface area (Å²) in [5.74, 6) is 0. The van der Waals surface area contributed by atoms with Gasteiger partial charge in [-0.3, -0.25) is 0 Å². The first-order valence-corrected chi connectivity index (χ1v) is 8.78. The van der Waals surface area contributed by atoms with Gasteiger partial charge in [0.15, 0.2) is 9.84 Å². The van der Waals surface area contributed by atoms with Gasteiger partial charge in [-0.2, -0.15) is 13.2 Å². The summed E-state index contributed by atoms with van der Waals surface area (Å²) < 4.78 is 62.9. The highest BCUT2D eigenvalue weighted by Gasteiger charge is 2.53. The quantitative estimate of drug-likeness (QED) is 0.859. The van der Waals surface area contributed by atoms with Crippen molar-refractivity contribution in [1.29, 1.82) is 0 Å². The van der Waals surface area contributed by atoms with E-state index in [0.29, 0.717) is 18.4 Å². The van der Waals surface area contributed by atoms with Gasteiger partial charge in [0.25, 0.3) is 0 Å². The Morgan fingerprint density at radius 2 is 1.73 bits per heavy atom. The molecule has 2 unspecified atom stereocenters. The average molecular weight is 334 g/mol. The van der Waals surface area contributed by atoms with Crippen LogP contribution in [0.3, 0.4) is 0 Å². The second kappa shape index (κ2) is 4.71. The van der Waals surface area contributed by atoms with Crippen LogP contribution in [-0.4, -0.2) is 24.0 Å². The fourth-order valence-electron chi connectivity index (χ4n) is 3.77. The largest absolute Gasteiger partial charge is 0.416 e. The number of alkyl halides is 3. The number of rotatable bonds is 1. The third-order valence-electron chi connectivity index (χ3n) is 4.94. The van der Waals surface area contributed by atoms with Crippen LogP contribution in [-0.2, 0) is 21.6 Å². The molecule has 2 fully saturated rings. The molecule has 2 heterocycles. The highest BCUT2D eigenvalue weighted by Crippen LogP contribution is 2.48. The molecule has 0 spiro atoms. The van der Waals surface area contributed by atoms with Crippen LogP contribution in [0.15, 0.2) is 18.2 Å². The molecule has 1 N–H and O–H groups in total. The van der Waals surface area contributed by atoms with E-state index in [0.717, 1.165) is 12.1 Å². The topological polar surface area (TPSA) is 54.4 Å². The lowest BCUT2D eigenvalue weighted by Gasteiger charge is -2.37. The molecule has 0 aliphatic carbocycles. The van der Waals surface area contributed by atoms with Gasteiger partial charge in [-0.25, -0.2) is 8.42 Å². The summed E-state index contributed by atoms with van der Waals surface area (Å²) in [6.07, 6.45) is -3.57. The van der Waals surface area contributed by atoms with Crippen LogP contribution in [0.1, 0.15) is 42.4 Å². The van der Waals surface area contributed by atoms with Gasteiger partial charge in [-0.1, -0.05) is 6.07 Å². The lowest BCUT2D eigenvalue weighted by atomic mass is 9.82. The molecule has 2 aliphatic rings. The number of hydrogen-bond donors (Lipinski definition) is 1. The summed E-state index contributed by atoms with van der Waals surface area (Å²) >= 11 is 0. The van der Waals surface area contributed by atoms with Gasteiger partial charge < -0.3 is 5.11 Å². The lowest BCUT2D eigenvalue weighted by molar-refractivity contribution is -0.137. The van der Waals surface area contributed by atoms with Crippen LogP contribution in [0, 0.1) is 6.92 Å². The number of aliphatic hydroxyl groups is 1. The summed E-state index contributed by atoms with van der Waals surface area (Å²) in [7, 11) is -3.24. The summed E-state index contributed by atoms with van der Waals surface area (Å²) in [5.41, 5.74) is -1.56. The van der Waals surface area contributed by atoms with E-state index in [1.165, 1.54) is 6.07 Å². The minimum absolute atomic E-state index is 0.0199. The van der Waals surface area contributed by atoms with E-state index in [9.17, 15) is 26.7 Å². The Morgan fingerprint density at radius 3 is 2.23 bits per heavy atom. The number of sulfone groups is 1. The molecule has 2 atom stereocenters. The Morgan fingerprint density at radius 1 is 1.18 bits per heavy atom. The molecule has 0 saturated carbocycles. The number of hydrogen-bond acceptors (Lipinski definition) is 3. The third kappa shape index (κ3) is 2.34. The van der Waals surface area contributed by atoms with E-state index in [-0.39, 0.29) is 18.4 Å². The Labute approximate surface area is 127 Å². The molecule has 2 saturated heterocycles. The minimum Gasteiger partial charge on any atom is -0.385 e. The van der Waals surface area contributed by atoms with Crippen LogP contribution in [0.2, 0.25) is 0 Å². The molecule has 122 valence electrons. The zero-order valence-electron chi connectivity index (χ0n) is 12.0. The zero-order valence-corrected chi connectivity index (χ0v) is 12.8. The summed E-state index contributed by atoms with van der Waals surface area (Å²) in [5, 5.41) is 9.60. The predicted octanol–water partition coefficient (Wildman–Crippen LogP) is 2.94. The van der Waals surface area contributed by atoms with Crippen molar-refractivity contribution in [3.63, 3.8) is 0 Å². The fraction of sp³-hybridized carbons (Fsp3) is 0.600. The predicted molar refractivity (Wildman–Crippen MR) is 75.0 cm³/mol. The van der Waals surface area contributed by atoms with Gasteiger partial charge in [-0.15, -0.1) is 0 Å². The third-order valence-corrected chi connectivity index (χ3v) is 7.60. The molecule has 2 bridgehead atoms. The number of fused-ring (bicyclic) bond motifs is 2. The van der Waals surface area contributed by atoms with Gasteiger partial charge in [0.2, 0.25) is 0 Å². The molecular formula is C15H17F3O3S. The molecule has 1 aromatic carbocycles. The van der Waals surface area contributed by atoms with Crippen molar-refractivity contribution in [2.24, 2.45) is 0 Å². The number of benzene rings is 1. The first-order chi connectivity index (χ1) is 10.0. The van der Waals surface area contributed by atoms with Crippen molar-refractivity contribution in [3.05, 3.63) is 34.9 Å². The average Bonchev–Trinajstić information content (AvgIpc) is 2.58. The molecule has 0 aromatic heterocycles. The molecule has 3 nitrogen and oxygen atoms in total. The number of aryl methyl sites for hydroxylation is 1. The van der Waals surface area contributed by atoms with Gasteiger partial charge in [0.1, 0.15) is 0 Å². The minimum atomic E-state index is -4.49. The van der Waals surface area contributed by atoms with Crippen molar-refractivity contribution >= 4 is 9.84 Å². The highest BCUT2D eigenvalue weighted by molar-refractivity contribution is 7.93. The van der Waals surface area contributed by atoms with E-state index in [1.807, 2.05) is 0 Å². The van der Waals surface area contributed by atoms with Gasteiger partial charge in [0, 0.05) is 0 Å². The Bertz CT molecular complexity index is 689. The normalized spacial score (nSPS) is 33.9. The molecule has 0 radical (unpaired) electrons. The van der Waals surface area contributed by atoms with Crippen LogP contribution in [0.5, 0.6) is 0 Å². The Hall–Kier alpha value is -1.08. The SMILES string of the molecule is Cc1ccc(C(F)(F)F)cc1C1(O)CC2CCC(C1)S2(=O)=O. The van der Waals surface area contributed by atoms with Crippen LogP contribution in [0.4, 0.5) is 13.2 Å². The molecule has 2 aliphatic heterocycles. The molecule has 22 heavy (non-hydrogen) atoms. The Balaban J connectivity index is 2.05. The van der Waals surface area contributed by atoms with Crippen molar-refractivity contribution < 1.29 is 26.7 Å². The van der Waals surface area contributed by atoms with E-state index in [2.05, 4.69) is 0 Å². The van der Waals surface area contributed by atoms with Crippen molar-refractivity contribution in [3.8, 4) is 0 Å². The monoisotopic (exact) mass is 334 g/mol. The first kappa shape index (κ1) is 15.8. The van der Waals surface area contributed by atoms with Crippen molar-refractivity contribution in [2.45, 2.75) is 54.9 Å². The molecule has 7 heteroatoms. The first-order valence-electron chi connectivity index (χ1n) is 7.17. The van der Waals surface area contributed by atoms with Crippen LogP contribution < -0.4 is 0 Å². The second-order valence-electron chi connectivity index (χ2n) is 6.38. The fourth-order valence-corrected chi connectivity index (χ4v) is 6.25. The smallest absolute Gasteiger partial charge is 0.385 e. The van der Waals surface area contributed by atoms with Crippen LogP contribution in [0.25, 0.3) is 0 Å². The summed E-state index contributed by atoms with van der Waals surface area (Å²) in [6, 6.07) is 3.28. The zero-order chi connectivity index (χ0) is 16.3. The van der Waals surface area contributed by atoms with Crippen molar-refractivity contribution in [1.82, 2.24) is 0 Å². The van der Waals surface area contributed by atoms with E-state index < -0.39 is 37.7 Å². The summed E-state index contributed by atoms with van der Waals surface area (Å²) in [6.45, 7) is 1.64. The van der Waals surface area contributed by atoms with E-state index in [1.54, 1.807) is 6.92 Å². The maximum atomic E-state index is 12.9. The molecule has 3 rings (SSSR count). The lowest BCUT2D eigenvalue weighted by Crippen LogP contribution is -2.43. The Kier molecular flexibility index (Phi) is 3.38. The van der Waals surface area contributed by atoms with E-state index >= 15 is 0 Å². The molecule has 0 amide bonds. The van der Waals surface area contributed by atoms with Gasteiger partial charge in [0.05, 0.1) is 21.7 Å². The second-order valence-corrected chi connectivity index (χ2v) is 8.89. The maximum absolute atomic E-state index is 12.9. The standard InChI is InChI=1S/C15H17F3O3S/c1-9-2-3-10(15(16,17)18)6-13(9)14(19)7-11-4-5-12(8-14)22(11,20)21/h2-3,6,11-12,19H,4-5,7-8H2,1H3. The van der Waals surface area contributed by atoms with Crippen LogP contribution >= 0.6 is 0 Å². The van der Waals surface area contributed by atoms with Gasteiger partial charge in [-0.05, 0) is 55.9 Å². The highest BCUT2D eigenvalue weighted by atomic mass is 32.2. The summed E-state index contributed by atoms with van der Waals surface area (Å²) in [4.78, 5) is 0. The molecular weight excluding hydrogens is 317 g/mol. The molecule has 1 aromatic rings. The van der Waals surface area contributed by atoms with Crippen molar-refractivity contribution in [2.75, 3.05) is 0 Å².